The smallest absolute Gasteiger partial charge is 0.328 e. The molecule has 0 spiro atoms. The standard InChI is InChI=1S/C24H23NO4/c1-28-21-10-6-7-17(15-21)16-22(24(27)29-2)25-23(26)20-13-11-19(12-14-20)18-8-4-3-5-9-18/h3-15,22H,16H2,1-2H3,(H,25,26)/t22-/m1/s1. The van der Waals surface area contributed by atoms with E-state index in [0.29, 0.717) is 17.7 Å². The maximum Gasteiger partial charge on any atom is 0.328 e. The number of carbonyl (C=O) groups is 2. The summed E-state index contributed by atoms with van der Waals surface area (Å²) in [6.45, 7) is 0. The Kier molecular flexibility index (Phi) is 6.63. The normalized spacial score (nSPS) is 11.4. The molecular formula is C24H23NO4. The first-order valence-corrected chi connectivity index (χ1v) is 9.28. The van der Waals surface area contributed by atoms with Gasteiger partial charge in [-0.3, -0.25) is 4.79 Å². The molecule has 1 amide bonds. The Hall–Kier alpha value is -3.60. The van der Waals surface area contributed by atoms with Crippen LogP contribution < -0.4 is 10.1 Å². The lowest BCUT2D eigenvalue weighted by Crippen LogP contribution is -2.43. The van der Waals surface area contributed by atoms with Crippen LogP contribution in [-0.4, -0.2) is 32.1 Å². The zero-order chi connectivity index (χ0) is 20.6. The van der Waals surface area contributed by atoms with Gasteiger partial charge in [0.2, 0.25) is 0 Å². The molecule has 0 aliphatic rings. The van der Waals surface area contributed by atoms with E-state index in [-0.39, 0.29) is 5.91 Å². The van der Waals surface area contributed by atoms with Gasteiger partial charge < -0.3 is 14.8 Å². The van der Waals surface area contributed by atoms with E-state index in [1.165, 1.54) is 7.11 Å². The van der Waals surface area contributed by atoms with Gasteiger partial charge in [0.25, 0.3) is 5.91 Å². The van der Waals surface area contributed by atoms with E-state index in [1.807, 2.05) is 66.7 Å². The summed E-state index contributed by atoms with van der Waals surface area (Å²) in [5, 5.41) is 2.77. The molecule has 0 aliphatic carbocycles. The molecule has 5 nitrogen and oxygen atoms in total. The number of benzene rings is 3. The van der Waals surface area contributed by atoms with Gasteiger partial charge in [0.1, 0.15) is 11.8 Å². The van der Waals surface area contributed by atoms with Crippen molar-refractivity contribution >= 4 is 11.9 Å². The second kappa shape index (κ2) is 9.55. The quantitative estimate of drug-likeness (QED) is 0.623. The van der Waals surface area contributed by atoms with Crippen LogP contribution in [0.2, 0.25) is 0 Å². The minimum Gasteiger partial charge on any atom is -0.497 e. The summed E-state index contributed by atoms with van der Waals surface area (Å²) in [5.74, 6) is -0.140. The van der Waals surface area contributed by atoms with Gasteiger partial charge in [0.05, 0.1) is 14.2 Å². The second-order valence-electron chi connectivity index (χ2n) is 6.55. The number of amides is 1. The Labute approximate surface area is 170 Å². The number of ether oxygens (including phenoxy) is 2. The highest BCUT2D eigenvalue weighted by Crippen LogP contribution is 2.19. The van der Waals surface area contributed by atoms with Crippen molar-refractivity contribution in [2.75, 3.05) is 14.2 Å². The number of methoxy groups -OCH3 is 2. The molecular weight excluding hydrogens is 366 g/mol. The average Bonchev–Trinajstić information content (AvgIpc) is 2.79. The van der Waals surface area contributed by atoms with Crippen molar-refractivity contribution in [3.05, 3.63) is 90.0 Å². The van der Waals surface area contributed by atoms with Crippen LogP contribution in [0.25, 0.3) is 11.1 Å². The van der Waals surface area contributed by atoms with Crippen LogP contribution in [0.5, 0.6) is 5.75 Å². The molecule has 0 bridgehead atoms. The zero-order valence-corrected chi connectivity index (χ0v) is 16.4. The summed E-state index contributed by atoms with van der Waals surface area (Å²) in [4.78, 5) is 24.9. The largest absolute Gasteiger partial charge is 0.497 e. The van der Waals surface area contributed by atoms with Gasteiger partial charge in [-0.25, -0.2) is 4.79 Å². The van der Waals surface area contributed by atoms with Gasteiger partial charge in [-0.1, -0.05) is 54.6 Å². The summed E-state index contributed by atoms with van der Waals surface area (Å²) in [6.07, 6.45) is 0.303. The maximum absolute atomic E-state index is 12.7. The monoisotopic (exact) mass is 389 g/mol. The topological polar surface area (TPSA) is 64.6 Å². The molecule has 0 heterocycles. The number of esters is 1. The van der Waals surface area contributed by atoms with Gasteiger partial charge in [-0.15, -0.1) is 0 Å². The number of rotatable bonds is 7. The van der Waals surface area contributed by atoms with E-state index in [1.54, 1.807) is 19.2 Å². The van der Waals surface area contributed by atoms with Crippen LogP contribution in [0.4, 0.5) is 0 Å². The molecule has 0 aromatic heterocycles. The van der Waals surface area contributed by atoms with Gasteiger partial charge >= 0.3 is 5.97 Å². The minimum atomic E-state index is -0.798. The molecule has 29 heavy (non-hydrogen) atoms. The molecule has 3 aromatic carbocycles. The summed E-state index contributed by atoms with van der Waals surface area (Å²) in [7, 11) is 2.89. The number of nitrogens with one attached hydrogen (secondary N) is 1. The van der Waals surface area contributed by atoms with Crippen LogP contribution in [0, 0.1) is 0 Å². The fourth-order valence-electron chi connectivity index (χ4n) is 3.06. The van der Waals surface area contributed by atoms with Crippen molar-refractivity contribution in [3.63, 3.8) is 0 Å². The van der Waals surface area contributed by atoms with Gasteiger partial charge in [-0.05, 0) is 41.0 Å². The van der Waals surface area contributed by atoms with Crippen molar-refractivity contribution in [2.45, 2.75) is 12.5 Å². The number of carbonyl (C=O) groups excluding carboxylic acids is 2. The molecule has 0 unspecified atom stereocenters. The third kappa shape index (κ3) is 5.23. The molecule has 0 aliphatic heterocycles. The van der Waals surface area contributed by atoms with Crippen LogP contribution in [0.15, 0.2) is 78.9 Å². The third-order valence-electron chi connectivity index (χ3n) is 4.62. The summed E-state index contributed by atoms with van der Waals surface area (Å²) in [6, 6.07) is 23.8. The lowest BCUT2D eigenvalue weighted by atomic mass is 10.0. The van der Waals surface area contributed by atoms with Gasteiger partial charge in [0, 0.05) is 12.0 Å². The predicted molar refractivity (Wildman–Crippen MR) is 112 cm³/mol. The van der Waals surface area contributed by atoms with Crippen molar-refractivity contribution in [3.8, 4) is 16.9 Å². The number of hydrogen-bond donors (Lipinski definition) is 1. The number of hydrogen-bond acceptors (Lipinski definition) is 4. The van der Waals surface area contributed by atoms with Gasteiger partial charge in [-0.2, -0.15) is 0 Å². The maximum atomic E-state index is 12.7. The van der Waals surface area contributed by atoms with Crippen molar-refractivity contribution in [1.82, 2.24) is 5.32 Å². The fourth-order valence-corrected chi connectivity index (χ4v) is 3.06. The molecule has 0 saturated carbocycles. The third-order valence-corrected chi connectivity index (χ3v) is 4.62. The van der Waals surface area contributed by atoms with E-state index in [9.17, 15) is 9.59 Å². The van der Waals surface area contributed by atoms with Gasteiger partial charge in [0.15, 0.2) is 0 Å². The summed E-state index contributed by atoms with van der Waals surface area (Å²) in [5.41, 5.74) is 3.43. The highest BCUT2D eigenvalue weighted by atomic mass is 16.5. The fraction of sp³-hybridized carbons (Fsp3) is 0.167. The Balaban J connectivity index is 1.73. The molecule has 1 N–H and O–H groups in total. The minimum absolute atomic E-state index is 0.303. The molecule has 3 aromatic rings. The molecule has 0 fully saturated rings. The van der Waals surface area contributed by atoms with E-state index in [2.05, 4.69) is 5.32 Å². The molecule has 148 valence electrons. The Morgan fingerprint density at radius 1 is 0.862 bits per heavy atom. The highest BCUT2D eigenvalue weighted by Gasteiger charge is 2.23. The van der Waals surface area contributed by atoms with E-state index < -0.39 is 12.0 Å². The van der Waals surface area contributed by atoms with Crippen molar-refractivity contribution in [2.24, 2.45) is 0 Å². The Morgan fingerprint density at radius 2 is 1.55 bits per heavy atom. The zero-order valence-electron chi connectivity index (χ0n) is 16.4. The van der Waals surface area contributed by atoms with E-state index in [4.69, 9.17) is 9.47 Å². The Bertz CT molecular complexity index is 968. The molecule has 3 rings (SSSR count). The first kappa shape index (κ1) is 20.1. The molecule has 1 atom stereocenters. The highest BCUT2D eigenvalue weighted by molar-refractivity contribution is 5.97. The first-order chi connectivity index (χ1) is 14.1. The van der Waals surface area contributed by atoms with E-state index >= 15 is 0 Å². The molecule has 0 saturated heterocycles. The van der Waals surface area contributed by atoms with Crippen molar-refractivity contribution in [1.29, 1.82) is 0 Å². The Morgan fingerprint density at radius 3 is 2.21 bits per heavy atom. The SMILES string of the molecule is COC(=O)[C@@H](Cc1cccc(OC)c1)NC(=O)c1ccc(-c2ccccc2)cc1. The molecule has 0 radical (unpaired) electrons. The lowest BCUT2D eigenvalue weighted by Gasteiger charge is -2.17. The summed E-state index contributed by atoms with van der Waals surface area (Å²) >= 11 is 0. The predicted octanol–water partition coefficient (Wildman–Crippen LogP) is 3.88. The molecule has 5 heteroatoms. The van der Waals surface area contributed by atoms with Crippen LogP contribution in [0.1, 0.15) is 15.9 Å². The summed E-state index contributed by atoms with van der Waals surface area (Å²) < 4.78 is 10.1. The average molecular weight is 389 g/mol. The van der Waals surface area contributed by atoms with Crippen molar-refractivity contribution < 1.29 is 19.1 Å². The van der Waals surface area contributed by atoms with Crippen LogP contribution >= 0.6 is 0 Å². The van der Waals surface area contributed by atoms with Crippen LogP contribution in [0.3, 0.4) is 0 Å². The van der Waals surface area contributed by atoms with Crippen LogP contribution in [-0.2, 0) is 16.0 Å². The second-order valence-corrected chi connectivity index (χ2v) is 6.55. The van der Waals surface area contributed by atoms with E-state index in [0.717, 1.165) is 16.7 Å². The lowest BCUT2D eigenvalue weighted by molar-refractivity contribution is -0.142. The first-order valence-electron chi connectivity index (χ1n) is 9.28.